The molecule has 0 bridgehead atoms. The van der Waals surface area contributed by atoms with Gasteiger partial charge in [0.1, 0.15) is 5.82 Å². The number of halogens is 3. The lowest BCUT2D eigenvalue weighted by atomic mass is 9.94. The van der Waals surface area contributed by atoms with Gasteiger partial charge in [0.15, 0.2) is 0 Å². The average Bonchev–Trinajstić information content (AvgIpc) is 2.35. The molecule has 0 radical (unpaired) electrons. The maximum absolute atomic E-state index is 13.0. The van der Waals surface area contributed by atoms with Crippen LogP contribution in [0.5, 0.6) is 0 Å². The molecule has 5 heteroatoms. The van der Waals surface area contributed by atoms with E-state index in [0.29, 0.717) is 5.56 Å². The van der Waals surface area contributed by atoms with Gasteiger partial charge in [0, 0.05) is 11.6 Å². The molecule has 1 saturated carbocycles. The van der Waals surface area contributed by atoms with E-state index in [1.165, 1.54) is 18.2 Å². The Labute approximate surface area is 115 Å². The fourth-order valence-electron chi connectivity index (χ4n) is 2.14. The lowest BCUT2D eigenvalue weighted by Gasteiger charge is -2.27. The summed E-state index contributed by atoms with van der Waals surface area (Å²) in [4.78, 5) is 12.0. The van der Waals surface area contributed by atoms with Crippen molar-refractivity contribution < 1.29 is 9.18 Å². The number of carbonyl (C=O) groups excluding carboxylic acids is 1. The summed E-state index contributed by atoms with van der Waals surface area (Å²) in [6.07, 6.45) is 3.97. The maximum Gasteiger partial charge on any atom is 0.251 e. The number of carbonyl (C=O) groups is 1. The summed E-state index contributed by atoms with van der Waals surface area (Å²) in [5.41, 5.74) is 0.357. The summed E-state index contributed by atoms with van der Waals surface area (Å²) in [6, 6.07) is 3.92. The van der Waals surface area contributed by atoms with Crippen LogP contribution >= 0.6 is 23.2 Å². The van der Waals surface area contributed by atoms with Crippen molar-refractivity contribution in [3.05, 3.63) is 34.6 Å². The highest BCUT2D eigenvalue weighted by Crippen LogP contribution is 2.23. The van der Waals surface area contributed by atoms with E-state index in [9.17, 15) is 9.18 Å². The predicted octanol–water partition coefficient (Wildman–Crippen LogP) is 3.76. The summed E-state index contributed by atoms with van der Waals surface area (Å²) in [5, 5.41) is 2.80. The fraction of sp³-hybridized carbons (Fsp3) is 0.462. The Hall–Kier alpha value is -0.800. The van der Waals surface area contributed by atoms with E-state index >= 15 is 0 Å². The smallest absolute Gasteiger partial charge is 0.251 e. The Bertz CT molecular complexity index is 453. The predicted molar refractivity (Wildman–Crippen MR) is 70.8 cm³/mol. The van der Waals surface area contributed by atoms with Gasteiger partial charge in [-0.1, -0.05) is 24.4 Å². The van der Waals surface area contributed by atoms with Gasteiger partial charge >= 0.3 is 0 Å². The first kappa shape index (κ1) is 13.6. The van der Waals surface area contributed by atoms with Gasteiger partial charge in [-0.15, -0.1) is 11.6 Å². The summed E-state index contributed by atoms with van der Waals surface area (Å²) in [6.45, 7) is 0. The Morgan fingerprint density at radius 3 is 2.72 bits per heavy atom. The number of nitrogens with one attached hydrogen (secondary N) is 1. The van der Waals surface area contributed by atoms with E-state index in [4.69, 9.17) is 23.2 Å². The van der Waals surface area contributed by atoms with Crippen LogP contribution < -0.4 is 5.32 Å². The molecule has 0 aromatic heterocycles. The normalized spacial score (nSPS) is 23.7. The largest absolute Gasteiger partial charge is 0.348 e. The lowest BCUT2D eigenvalue weighted by Crippen LogP contribution is -2.42. The second-order valence-corrected chi connectivity index (χ2v) is 5.48. The highest BCUT2D eigenvalue weighted by atomic mass is 35.5. The molecule has 18 heavy (non-hydrogen) atoms. The average molecular weight is 290 g/mol. The lowest BCUT2D eigenvalue weighted by molar-refractivity contribution is 0.0928. The zero-order valence-corrected chi connectivity index (χ0v) is 11.3. The summed E-state index contributed by atoms with van der Waals surface area (Å²) in [7, 11) is 0. The van der Waals surface area contributed by atoms with E-state index in [1.807, 2.05) is 0 Å². The fourth-order valence-corrected chi connectivity index (χ4v) is 2.66. The van der Waals surface area contributed by atoms with Crippen LogP contribution in [0.15, 0.2) is 18.2 Å². The summed E-state index contributed by atoms with van der Waals surface area (Å²) in [5.74, 6) is -0.782. The Kier molecular flexibility index (Phi) is 4.46. The maximum atomic E-state index is 13.0. The molecule has 2 rings (SSSR count). The van der Waals surface area contributed by atoms with E-state index < -0.39 is 5.82 Å². The first-order chi connectivity index (χ1) is 8.58. The van der Waals surface area contributed by atoms with Crippen molar-refractivity contribution in [3.8, 4) is 0 Å². The van der Waals surface area contributed by atoms with Crippen molar-refractivity contribution in [2.45, 2.75) is 37.1 Å². The van der Waals surface area contributed by atoms with Crippen LogP contribution in [0.1, 0.15) is 36.0 Å². The zero-order valence-electron chi connectivity index (χ0n) is 9.76. The van der Waals surface area contributed by atoms with E-state index in [-0.39, 0.29) is 22.3 Å². The van der Waals surface area contributed by atoms with Gasteiger partial charge in [0.2, 0.25) is 0 Å². The van der Waals surface area contributed by atoms with Crippen LogP contribution in [-0.4, -0.2) is 17.3 Å². The Balaban J connectivity index is 2.04. The molecule has 1 aliphatic carbocycles. The molecule has 0 saturated heterocycles. The number of benzene rings is 1. The van der Waals surface area contributed by atoms with Gasteiger partial charge < -0.3 is 5.32 Å². The molecule has 1 aromatic carbocycles. The van der Waals surface area contributed by atoms with Crippen molar-refractivity contribution >= 4 is 29.1 Å². The third-order valence-electron chi connectivity index (χ3n) is 3.18. The first-order valence-electron chi connectivity index (χ1n) is 5.98. The van der Waals surface area contributed by atoms with Crippen molar-refractivity contribution in [1.82, 2.24) is 5.32 Å². The topological polar surface area (TPSA) is 29.1 Å². The van der Waals surface area contributed by atoms with E-state index in [2.05, 4.69) is 5.32 Å². The molecule has 0 aliphatic heterocycles. The van der Waals surface area contributed by atoms with Gasteiger partial charge in [-0.2, -0.15) is 0 Å². The second kappa shape index (κ2) is 5.89. The monoisotopic (exact) mass is 289 g/mol. The number of hydrogen-bond acceptors (Lipinski definition) is 1. The summed E-state index contributed by atoms with van der Waals surface area (Å²) < 4.78 is 13.0. The highest BCUT2D eigenvalue weighted by Gasteiger charge is 2.25. The van der Waals surface area contributed by atoms with Crippen LogP contribution in [0, 0.1) is 5.82 Å². The molecular formula is C13H14Cl2FNO. The van der Waals surface area contributed by atoms with Crippen molar-refractivity contribution in [2.75, 3.05) is 0 Å². The molecule has 2 nitrogen and oxygen atoms in total. The SMILES string of the molecule is O=C(NC1CCCCC1Cl)c1ccc(F)c(Cl)c1. The Morgan fingerprint density at radius 2 is 2.06 bits per heavy atom. The molecule has 1 aliphatic rings. The first-order valence-corrected chi connectivity index (χ1v) is 6.79. The molecular weight excluding hydrogens is 276 g/mol. The second-order valence-electron chi connectivity index (χ2n) is 4.51. The van der Waals surface area contributed by atoms with Crippen LogP contribution in [0.4, 0.5) is 4.39 Å². The van der Waals surface area contributed by atoms with Gasteiger partial charge in [0.05, 0.1) is 10.4 Å². The minimum absolute atomic E-state index is 0.0169. The van der Waals surface area contributed by atoms with Gasteiger partial charge in [-0.05, 0) is 31.0 Å². The van der Waals surface area contributed by atoms with E-state index in [1.54, 1.807) is 0 Å². The number of hydrogen-bond donors (Lipinski definition) is 1. The molecule has 1 aromatic rings. The van der Waals surface area contributed by atoms with Crippen LogP contribution in [-0.2, 0) is 0 Å². The molecule has 0 heterocycles. The number of alkyl halides is 1. The third kappa shape index (κ3) is 3.15. The molecule has 98 valence electrons. The van der Waals surface area contributed by atoms with Crippen molar-refractivity contribution in [1.29, 1.82) is 0 Å². The highest BCUT2D eigenvalue weighted by molar-refractivity contribution is 6.31. The molecule has 1 N–H and O–H groups in total. The quantitative estimate of drug-likeness (QED) is 0.826. The van der Waals surface area contributed by atoms with Crippen LogP contribution in [0.2, 0.25) is 5.02 Å². The molecule has 2 unspecified atom stereocenters. The van der Waals surface area contributed by atoms with Crippen molar-refractivity contribution in [3.63, 3.8) is 0 Å². The minimum atomic E-state index is -0.527. The van der Waals surface area contributed by atoms with Gasteiger partial charge in [-0.3, -0.25) is 4.79 Å². The number of rotatable bonds is 2. The Morgan fingerprint density at radius 1 is 1.33 bits per heavy atom. The van der Waals surface area contributed by atoms with Crippen LogP contribution in [0.3, 0.4) is 0 Å². The summed E-state index contributed by atoms with van der Waals surface area (Å²) >= 11 is 11.8. The minimum Gasteiger partial charge on any atom is -0.348 e. The third-order valence-corrected chi connectivity index (χ3v) is 3.99. The molecule has 1 fully saturated rings. The molecule has 1 amide bonds. The van der Waals surface area contributed by atoms with E-state index in [0.717, 1.165) is 25.7 Å². The number of amides is 1. The van der Waals surface area contributed by atoms with Crippen molar-refractivity contribution in [2.24, 2.45) is 0 Å². The van der Waals surface area contributed by atoms with Gasteiger partial charge in [0.25, 0.3) is 5.91 Å². The standard InChI is InChI=1S/C13H14Cl2FNO/c14-9-3-1-2-4-12(9)17-13(18)8-5-6-11(16)10(15)7-8/h5-7,9,12H,1-4H2,(H,17,18). The molecule has 0 spiro atoms. The zero-order chi connectivity index (χ0) is 13.1. The molecule has 2 atom stereocenters. The van der Waals surface area contributed by atoms with Gasteiger partial charge in [-0.25, -0.2) is 4.39 Å². The van der Waals surface area contributed by atoms with Crippen LogP contribution in [0.25, 0.3) is 0 Å².